The maximum absolute atomic E-state index is 4.22. The first kappa shape index (κ1) is 12.3. The van der Waals surface area contributed by atoms with Gasteiger partial charge < -0.3 is 5.32 Å². The van der Waals surface area contributed by atoms with E-state index in [9.17, 15) is 0 Å². The Morgan fingerprint density at radius 3 is 3.16 bits per heavy atom. The fraction of sp³-hybridized carbons (Fsp3) is 0.462. The van der Waals surface area contributed by atoms with Crippen molar-refractivity contribution in [1.82, 2.24) is 30.2 Å². The zero-order chi connectivity index (χ0) is 13.1. The number of nitrogens with one attached hydrogen (secondary N) is 1. The van der Waals surface area contributed by atoms with Gasteiger partial charge in [0.1, 0.15) is 0 Å². The lowest BCUT2D eigenvalue weighted by atomic mass is 10.1. The fourth-order valence-corrected chi connectivity index (χ4v) is 2.51. The van der Waals surface area contributed by atoms with Crippen LogP contribution < -0.4 is 5.32 Å². The average Bonchev–Trinajstić information content (AvgIpc) is 2.86. The summed E-state index contributed by atoms with van der Waals surface area (Å²) < 4.78 is 1.75. The zero-order valence-electron chi connectivity index (χ0n) is 11.0. The quantitative estimate of drug-likeness (QED) is 0.861. The smallest absolute Gasteiger partial charge is 0.0967 e. The highest BCUT2D eigenvalue weighted by Gasteiger charge is 2.24. The number of pyridine rings is 1. The number of piperazine rings is 1. The largest absolute Gasteiger partial charge is 0.314 e. The molecule has 100 valence electrons. The Morgan fingerprint density at radius 2 is 2.42 bits per heavy atom. The lowest BCUT2D eigenvalue weighted by Crippen LogP contribution is -2.45. The van der Waals surface area contributed by atoms with E-state index in [0.29, 0.717) is 6.04 Å². The molecule has 1 fully saturated rings. The van der Waals surface area contributed by atoms with E-state index in [4.69, 9.17) is 0 Å². The van der Waals surface area contributed by atoms with Gasteiger partial charge in [-0.25, -0.2) is 0 Å². The van der Waals surface area contributed by atoms with Crippen molar-refractivity contribution in [1.29, 1.82) is 0 Å². The van der Waals surface area contributed by atoms with Crippen LogP contribution in [-0.4, -0.2) is 44.5 Å². The minimum atomic E-state index is 0.351. The summed E-state index contributed by atoms with van der Waals surface area (Å²) in [5.41, 5.74) is 2.26. The number of aromatic nitrogens is 4. The third-order valence-electron chi connectivity index (χ3n) is 3.44. The summed E-state index contributed by atoms with van der Waals surface area (Å²) >= 11 is 0. The zero-order valence-corrected chi connectivity index (χ0v) is 11.0. The van der Waals surface area contributed by atoms with E-state index in [-0.39, 0.29) is 0 Å². The molecule has 0 aliphatic carbocycles. The van der Waals surface area contributed by atoms with Crippen LogP contribution in [0.5, 0.6) is 0 Å². The molecule has 0 aromatic carbocycles. The van der Waals surface area contributed by atoms with Gasteiger partial charge in [-0.3, -0.25) is 14.6 Å². The van der Waals surface area contributed by atoms with E-state index in [0.717, 1.165) is 31.9 Å². The van der Waals surface area contributed by atoms with Crippen LogP contribution in [0, 0.1) is 0 Å². The Labute approximate surface area is 112 Å². The topological polar surface area (TPSA) is 58.9 Å². The first-order chi connectivity index (χ1) is 9.33. The van der Waals surface area contributed by atoms with Crippen LogP contribution >= 0.6 is 0 Å². The second-order valence-corrected chi connectivity index (χ2v) is 4.86. The van der Waals surface area contributed by atoms with E-state index in [2.05, 4.69) is 31.6 Å². The van der Waals surface area contributed by atoms with E-state index in [1.54, 1.807) is 4.68 Å². The van der Waals surface area contributed by atoms with Crippen molar-refractivity contribution in [2.45, 2.75) is 12.6 Å². The molecule has 19 heavy (non-hydrogen) atoms. The molecule has 2 aromatic rings. The highest BCUT2D eigenvalue weighted by molar-refractivity contribution is 5.15. The van der Waals surface area contributed by atoms with Gasteiger partial charge in [-0.15, -0.1) is 5.10 Å². The summed E-state index contributed by atoms with van der Waals surface area (Å²) in [6.45, 7) is 3.80. The van der Waals surface area contributed by atoms with Gasteiger partial charge in [0, 0.05) is 57.9 Å². The van der Waals surface area contributed by atoms with Gasteiger partial charge in [-0.05, 0) is 11.6 Å². The molecule has 3 rings (SSSR count). The molecule has 0 radical (unpaired) electrons. The summed E-state index contributed by atoms with van der Waals surface area (Å²) in [6.07, 6.45) is 5.73. The summed E-state index contributed by atoms with van der Waals surface area (Å²) in [4.78, 5) is 6.65. The van der Waals surface area contributed by atoms with Gasteiger partial charge in [0.15, 0.2) is 0 Å². The molecule has 0 bridgehead atoms. The lowest BCUT2D eigenvalue weighted by Gasteiger charge is -2.35. The summed E-state index contributed by atoms with van der Waals surface area (Å²) in [5, 5.41) is 11.6. The number of hydrogen-bond donors (Lipinski definition) is 1. The van der Waals surface area contributed by atoms with Crippen LogP contribution in [0.4, 0.5) is 0 Å². The fourth-order valence-electron chi connectivity index (χ4n) is 2.51. The van der Waals surface area contributed by atoms with Crippen molar-refractivity contribution < 1.29 is 0 Å². The molecule has 1 aliphatic rings. The molecular weight excluding hydrogens is 240 g/mol. The predicted octanol–water partition coefficient (Wildman–Crippen LogP) is 0.357. The standard InChI is InChI=1S/C13H18N6/c1-18-9-12(16-17-18)10-19-6-5-15-8-13(19)11-3-2-4-14-7-11/h2-4,7,9,13,15H,5-6,8,10H2,1H3. The molecule has 1 saturated heterocycles. The maximum atomic E-state index is 4.22. The van der Waals surface area contributed by atoms with Gasteiger partial charge in [-0.1, -0.05) is 11.3 Å². The highest BCUT2D eigenvalue weighted by atomic mass is 15.4. The van der Waals surface area contributed by atoms with Crippen molar-refractivity contribution in [3.63, 3.8) is 0 Å². The average molecular weight is 258 g/mol. The Kier molecular flexibility index (Phi) is 3.52. The second kappa shape index (κ2) is 5.46. The second-order valence-electron chi connectivity index (χ2n) is 4.86. The normalized spacial score (nSPS) is 20.6. The van der Waals surface area contributed by atoms with Gasteiger partial charge in [0.05, 0.1) is 5.69 Å². The van der Waals surface area contributed by atoms with Crippen LogP contribution in [-0.2, 0) is 13.6 Å². The summed E-state index contributed by atoms with van der Waals surface area (Å²) in [7, 11) is 1.90. The molecule has 6 heteroatoms. The van der Waals surface area contributed by atoms with Gasteiger partial charge in [-0.2, -0.15) is 0 Å². The third kappa shape index (κ3) is 2.80. The van der Waals surface area contributed by atoms with E-state index in [1.165, 1.54) is 5.56 Å². The predicted molar refractivity (Wildman–Crippen MR) is 71.3 cm³/mol. The molecule has 6 nitrogen and oxygen atoms in total. The highest BCUT2D eigenvalue weighted by Crippen LogP contribution is 2.22. The van der Waals surface area contributed by atoms with Gasteiger partial charge >= 0.3 is 0 Å². The first-order valence-electron chi connectivity index (χ1n) is 6.53. The van der Waals surface area contributed by atoms with Crippen LogP contribution in [0.1, 0.15) is 17.3 Å². The minimum Gasteiger partial charge on any atom is -0.314 e. The Hall–Kier alpha value is -1.79. The number of nitrogens with zero attached hydrogens (tertiary/aromatic N) is 5. The monoisotopic (exact) mass is 258 g/mol. The van der Waals surface area contributed by atoms with Crippen molar-refractivity contribution in [3.05, 3.63) is 42.0 Å². The SMILES string of the molecule is Cn1cc(CN2CCNCC2c2cccnc2)nn1. The van der Waals surface area contributed by atoms with Crippen molar-refractivity contribution in [2.75, 3.05) is 19.6 Å². The maximum Gasteiger partial charge on any atom is 0.0967 e. The number of hydrogen-bond acceptors (Lipinski definition) is 5. The van der Waals surface area contributed by atoms with Crippen LogP contribution in [0.25, 0.3) is 0 Å². The first-order valence-corrected chi connectivity index (χ1v) is 6.53. The lowest BCUT2D eigenvalue weighted by molar-refractivity contribution is 0.151. The molecule has 0 spiro atoms. The molecule has 1 N–H and O–H groups in total. The molecule has 1 aliphatic heterocycles. The van der Waals surface area contributed by atoms with Gasteiger partial charge in [0.25, 0.3) is 0 Å². The van der Waals surface area contributed by atoms with Crippen molar-refractivity contribution in [2.24, 2.45) is 7.05 Å². The van der Waals surface area contributed by atoms with Crippen molar-refractivity contribution in [3.8, 4) is 0 Å². The molecule has 3 heterocycles. The minimum absolute atomic E-state index is 0.351. The van der Waals surface area contributed by atoms with E-state index in [1.807, 2.05) is 31.7 Å². The molecule has 1 atom stereocenters. The summed E-state index contributed by atoms with van der Waals surface area (Å²) in [6, 6.07) is 4.48. The van der Waals surface area contributed by atoms with Crippen LogP contribution in [0.15, 0.2) is 30.7 Å². The molecule has 0 saturated carbocycles. The Bertz CT molecular complexity index is 523. The van der Waals surface area contributed by atoms with Crippen molar-refractivity contribution >= 4 is 0 Å². The molecular formula is C13H18N6. The number of rotatable bonds is 3. The van der Waals surface area contributed by atoms with E-state index >= 15 is 0 Å². The number of aryl methyl sites for hydroxylation is 1. The Morgan fingerprint density at radius 1 is 1.47 bits per heavy atom. The van der Waals surface area contributed by atoms with Crippen LogP contribution in [0.3, 0.4) is 0 Å². The van der Waals surface area contributed by atoms with E-state index < -0.39 is 0 Å². The van der Waals surface area contributed by atoms with Crippen LogP contribution in [0.2, 0.25) is 0 Å². The Balaban J connectivity index is 1.77. The molecule has 2 aromatic heterocycles. The molecule has 1 unspecified atom stereocenters. The molecule has 0 amide bonds. The third-order valence-corrected chi connectivity index (χ3v) is 3.44. The summed E-state index contributed by atoms with van der Waals surface area (Å²) in [5.74, 6) is 0. The van der Waals surface area contributed by atoms with Gasteiger partial charge in [0.2, 0.25) is 0 Å².